The molecule has 156 valence electrons. The highest BCUT2D eigenvalue weighted by Gasteiger charge is 2.19. The largest absolute Gasteiger partial charge is 0.497 e. The second-order valence-corrected chi connectivity index (χ2v) is 7.27. The van der Waals surface area contributed by atoms with Crippen LogP contribution in [0.3, 0.4) is 0 Å². The number of aromatic amines is 1. The molecule has 0 saturated heterocycles. The Kier molecular flexibility index (Phi) is 5.73. The number of rotatable bonds is 5. The number of methoxy groups -OCH3 is 1. The third-order valence-corrected chi connectivity index (χ3v) is 5.15. The molecule has 7 heteroatoms. The van der Waals surface area contributed by atoms with Gasteiger partial charge in [-0.2, -0.15) is 0 Å². The van der Waals surface area contributed by atoms with E-state index >= 15 is 0 Å². The van der Waals surface area contributed by atoms with Gasteiger partial charge < -0.3 is 4.74 Å². The number of aliphatic imine (C=N–C) groups is 1. The van der Waals surface area contributed by atoms with Crippen molar-refractivity contribution < 1.29 is 9.13 Å². The van der Waals surface area contributed by atoms with Crippen molar-refractivity contribution in [1.82, 2.24) is 9.78 Å². The molecule has 0 saturated carbocycles. The number of benzene rings is 3. The number of nitrogens with zero attached hydrogens (tertiary/aromatic N) is 2. The summed E-state index contributed by atoms with van der Waals surface area (Å²) in [4.78, 5) is 17.9. The highest BCUT2D eigenvalue weighted by Crippen LogP contribution is 2.25. The zero-order valence-electron chi connectivity index (χ0n) is 16.9. The van der Waals surface area contributed by atoms with E-state index in [1.807, 2.05) is 30.3 Å². The van der Waals surface area contributed by atoms with E-state index in [2.05, 4.69) is 10.1 Å². The smallest absolute Gasteiger partial charge is 0.280 e. The Labute approximate surface area is 183 Å². The average molecular weight is 436 g/mol. The highest BCUT2D eigenvalue weighted by molar-refractivity contribution is 6.30. The van der Waals surface area contributed by atoms with Crippen LogP contribution in [-0.4, -0.2) is 22.6 Å². The highest BCUT2D eigenvalue weighted by atomic mass is 35.5. The van der Waals surface area contributed by atoms with Gasteiger partial charge in [0.25, 0.3) is 5.56 Å². The van der Waals surface area contributed by atoms with Gasteiger partial charge in [-0.05, 0) is 43.3 Å². The minimum Gasteiger partial charge on any atom is -0.497 e. The third kappa shape index (κ3) is 4.15. The number of ether oxygens (including phenoxy) is 1. The predicted octanol–water partition coefficient (Wildman–Crippen LogP) is 5.77. The number of hydrogen-bond donors (Lipinski definition) is 1. The van der Waals surface area contributed by atoms with E-state index in [1.165, 1.54) is 16.8 Å². The van der Waals surface area contributed by atoms with Crippen molar-refractivity contribution in [3.63, 3.8) is 0 Å². The first-order valence-corrected chi connectivity index (χ1v) is 9.91. The fourth-order valence-corrected chi connectivity index (χ4v) is 3.42. The SMILES string of the molecule is COc1ccc(-n2[nH]c(-c3ccccc3)c(C(C)=Nc3ccc(Cl)c(F)c3)c2=O)cc1. The van der Waals surface area contributed by atoms with Crippen LogP contribution in [0.1, 0.15) is 12.5 Å². The minimum atomic E-state index is -0.566. The first-order valence-electron chi connectivity index (χ1n) is 9.53. The van der Waals surface area contributed by atoms with Crippen LogP contribution in [0, 0.1) is 5.82 Å². The van der Waals surface area contributed by atoms with Gasteiger partial charge in [0.05, 0.1) is 40.5 Å². The molecule has 0 aliphatic heterocycles. The number of H-pyrrole nitrogens is 1. The first kappa shape index (κ1) is 20.6. The molecule has 0 aliphatic rings. The lowest BCUT2D eigenvalue weighted by Gasteiger charge is -2.04. The summed E-state index contributed by atoms with van der Waals surface area (Å²) in [6, 6.07) is 20.9. The average Bonchev–Trinajstić information content (AvgIpc) is 3.14. The fourth-order valence-electron chi connectivity index (χ4n) is 3.30. The zero-order chi connectivity index (χ0) is 22.0. The molecule has 0 aliphatic carbocycles. The molecule has 1 heterocycles. The van der Waals surface area contributed by atoms with Gasteiger partial charge in [-0.1, -0.05) is 41.9 Å². The second kappa shape index (κ2) is 8.62. The summed E-state index contributed by atoms with van der Waals surface area (Å²) in [5, 5.41) is 3.21. The van der Waals surface area contributed by atoms with Crippen molar-refractivity contribution in [3.05, 3.63) is 99.6 Å². The van der Waals surface area contributed by atoms with Crippen LogP contribution in [0.2, 0.25) is 5.02 Å². The van der Waals surface area contributed by atoms with Crippen molar-refractivity contribution in [3.8, 4) is 22.7 Å². The summed E-state index contributed by atoms with van der Waals surface area (Å²) in [6.07, 6.45) is 0. The van der Waals surface area contributed by atoms with Gasteiger partial charge in [0, 0.05) is 11.6 Å². The molecule has 0 bridgehead atoms. The van der Waals surface area contributed by atoms with Gasteiger partial charge in [0.15, 0.2) is 0 Å². The minimum absolute atomic E-state index is 0.0186. The van der Waals surface area contributed by atoms with Crippen LogP contribution in [0.4, 0.5) is 10.1 Å². The van der Waals surface area contributed by atoms with Crippen LogP contribution >= 0.6 is 11.6 Å². The van der Waals surface area contributed by atoms with Crippen LogP contribution < -0.4 is 10.3 Å². The second-order valence-electron chi connectivity index (χ2n) is 6.86. The van der Waals surface area contributed by atoms with E-state index in [1.54, 1.807) is 44.4 Å². The van der Waals surface area contributed by atoms with Crippen LogP contribution in [0.5, 0.6) is 5.75 Å². The Bertz CT molecular complexity index is 1310. The topological polar surface area (TPSA) is 59.4 Å². The molecule has 4 rings (SSSR count). The molecular formula is C24H19ClFN3O2. The monoisotopic (exact) mass is 435 g/mol. The first-order chi connectivity index (χ1) is 15.0. The van der Waals surface area contributed by atoms with Gasteiger partial charge in [-0.25, -0.2) is 9.07 Å². The molecule has 31 heavy (non-hydrogen) atoms. The van der Waals surface area contributed by atoms with E-state index in [9.17, 15) is 9.18 Å². The van der Waals surface area contributed by atoms with Gasteiger partial charge in [-0.15, -0.1) is 0 Å². The van der Waals surface area contributed by atoms with Crippen LogP contribution in [0.25, 0.3) is 16.9 Å². The molecule has 3 aromatic carbocycles. The molecule has 1 aromatic heterocycles. The molecule has 1 N–H and O–H groups in total. The fraction of sp³-hybridized carbons (Fsp3) is 0.0833. The maximum absolute atomic E-state index is 13.9. The molecule has 0 radical (unpaired) electrons. The van der Waals surface area contributed by atoms with Gasteiger partial charge >= 0.3 is 0 Å². The summed E-state index contributed by atoms with van der Waals surface area (Å²) in [6.45, 7) is 1.72. The van der Waals surface area contributed by atoms with E-state index in [4.69, 9.17) is 16.3 Å². The van der Waals surface area contributed by atoms with Crippen molar-refractivity contribution in [2.75, 3.05) is 7.11 Å². The van der Waals surface area contributed by atoms with Crippen molar-refractivity contribution >= 4 is 23.0 Å². The Hall–Kier alpha value is -3.64. The maximum Gasteiger partial charge on any atom is 0.280 e. The quantitative estimate of drug-likeness (QED) is 0.404. The lowest BCUT2D eigenvalue weighted by atomic mass is 10.1. The molecular weight excluding hydrogens is 417 g/mol. The standard InChI is InChI=1S/C24H19ClFN3O2/c1-15(27-17-8-13-20(25)21(26)14-17)22-23(16-6-4-3-5-7-16)28-29(24(22)30)18-9-11-19(31-2)12-10-18/h3-14,28H,1-2H3. The van der Waals surface area contributed by atoms with E-state index in [-0.39, 0.29) is 10.6 Å². The Morgan fingerprint density at radius 1 is 1.06 bits per heavy atom. The van der Waals surface area contributed by atoms with E-state index in [0.717, 1.165) is 5.56 Å². The molecule has 0 amide bonds. The zero-order valence-corrected chi connectivity index (χ0v) is 17.7. The van der Waals surface area contributed by atoms with Gasteiger partial charge in [0.1, 0.15) is 11.6 Å². The van der Waals surface area contributed by atoms with Crippen LogP contribution in [0.15, 0.2) is 82.6 Å². The van der Waals surface area contributed by atoms with Gasteiger partial charge in [-0.3, -0.25) is 14.9 Å². The number of aromatic nitrogens is 2. The van der Waals surface area contributed by atoms with Crippen molar-refractivity contribution in [1.29, 1.82) is 0 Å². The lowest BCUT2D eigenvalue weighted by molar-refractivity contribution is 0.414. The number of hydrogen-bond acceptors (Lipinski definition) is 3. The normalized spacial score (nSPS) is 11.5. The van der Waals surface area contributed by atoms with Gasteiger partial charge in [0.2, 0.25) is 0 Å². The van der Waals surface area contributed by atoms with Crippen LogP contribution in [-0.2, 0) is 0 Å². The third-order valence-electron chi connectivity index (χ3n) is 4.85. The summed E-state index contributed by atoms with van der Waals surface area (Å²) in [7, 11) is 1.58. The predicted molar refractivity (Wildman–Crippen MR) is 122 cm³/mol. The summed E-state index contributed by atoms with van der Waals surface area (Å²) >= 11 is 5.77. The van der Waals surface area contributed by atoms with Crippen molar-refractivity contribution in [2.24, 2.45) is 4.99 Å². The molecule has 0 atom stereocenters. The number of halogens is 2. The number of nitrogens with one attached hydrogen (secondary N) is 1. The molecule has 5 nitrogen and oxygen atoms in total. The lowest BCUT2D eigenvalue weighted by Crippen LogP contribution is -2.19. The Morgan fingerprint density at radius 2 is 1.77 bits per heavy atom. The van der Waals surface area contributed by atoms with E-state index in [0.29, 0.717) is 34.1 Å². The summed E-state index contributed by atoms with van der Waals surface area (Å²) < 4.78 is 20.5. The maximum atomic E-state index is 13.9. The summed E-state index contributed by atoms with van der Waals surface area (Å²) in [5.41, 5.74) is 3.07. The Morgan fingerprint density at radius 3 is 2.42 bits per heavy atom. The molecule has 0 unspecified atom stereocenters. The Balaban J connectivity index is 1.88. The van der Waals surface area contributed by atoms with E-state index < -0.39 is 5.82 Å². The summed E-state index contributed by atoms with van der Waals surface area (Å²) in [5.74, 6) is 0.123. The molecule has 4 aromatic rings. The van der Waals surface area contributed by atoms with Crippen molar-refractivity contribution in [2.45, 2.75) is 6.92 Å². The molecule has 0 spiro atoms. The molecule has 0 fully saturated rings.